The van der Waals surface area contributed by atoms with Gasteiger partial charge in [-0.1, -0.05) is 33.1 Å². The Hall–Kier alpha value is -1.06. The number of carbonyl (C=O) groups excluding carboxylic acids is 1. The van der Waals surface area contributed by atoms with Gasteiger partial charge >= 0.3 is 5.97 Å². The molecule has 4 nitrogen and oxygen atoms in total. The average Bonchev–Trinajstić information content (AvgIpc) is 2.26. The molecule has 0 bridgehead atoms. The maximum Gasteiger partial charge on any atom is 0.304 e. The third kappa shape index (κ3) is 3.72. The van der Waals surface area contributed by atoms with Gasteiger partial charge in [-0.25, -0.2) is 0 Å². The first-order valence-corrected chi connectivity index (χ1v) is 6.33. The molecular weight excluding hydrogens is 218 g/mol. The van der Waals surface area contributed by atoms with Gasteiger partial charge in [-0.05, 0) is 12.8 Å². The number of aliphatic carboxylic acids is 1. The van der Waals surface area contributed by atoms with Crippen molar-refractivity contribution in [1.29, 1.82) is 0 Å². The van der Waals surface area contributed by atoms with Crippen LogP contribution in [0.2, 0.25) is 0 Å². The van der Waals surface area contributed by atoms with Gasteiger partial charge in [0.05, 0.1) is 11.8 Å². The van der Waals surface area contributed by atoms with E-state index in [1.807, 2.05) is 7.05 Å². The zero-order valence-electron chi connectivity index (χ0n) is 11.0. The quantitative estimate of drug-likeness (QED) is 0.821. The lowest BCUT2D eigenvalue weighted by Gasteiger charge is -2.36. The van der Waals surface area contributed by atoms with Crippen LogP contribution in [0.3, 0.4) is 0 Å². The predicted molar refractivity (Wildman–Crippen MR) is 65.7 cm³/mol. The Morgan fingerprint density at radius 1 is 1.24 bits per heavy atom. The largest absolute Gasteiger partial charge is 0.481 e. The molecule has 98 valence electrons. The molecule has 0 atom stereocenters. The highest BCUT2D eigenvalue weighted by Gasteiger charge is 2.35. The summed E-state index contributed by atoms with van der Waals surface area (Å²) in [6, 6.07) is 0.296. The molecule has 0 saturated heterocycles. The Labute approximate surface area is 103 Å². The van der Waals surface area contributed by atoms with Crippen LogP contribution in [0.25, 0.3) is 0 Å². The summed E-state index contributed by atoms with van der Waals surface area (Å²) < 4.78 is 0. The van der Waals surface area contributed by atoms with Crippen LogP contribution in [0.1, 0.15) is 52.4 Å². The fraction of sp³-hybridized carbons (Fsp3) is 0.846. The molecule has 1 saturated carbocycles. The summed E-state index contributed by atoms with van der Waals surface area (Å²) in [7, 11) is 1.81. The minimum atomic E-state index is -0.916. The first-order valence-electron chi connectivity index (χ1n) is 6.33. The molecule has 0 radical (unpaired) electrons. The lowest BCUT2D eigenvalue weighted by atomic mass is 9.86. The van der Waals surface area contributed by atoms with Crippen LogP contribution in [0.4, 0.5) is 0 Å². The van der Waals surface area contributed by atoms with E-state index < -0.39 is 11.4 Å². The molecule has 4 heteroatoms. The summed E-state index contributed by atoms with van der Waals surface area (Å²) in [4.78, 5) is 24.8. The van der Waals surface area contributed by atoms with Gasteiger partial charge in [-0.15, -0.1) is 0 Å². The van der Waals surface area contributed by atoms with E-state index in [9.17, 15) is 9.59 Å². The lowest BCUT2D eigenvalue weighted by Crippen LogP contribution is -2.45. The fourth-order valence-corrected chi connectivity index (χ4v) is 2.57. The molecule has 1 aliphatic rings. The molecule has 1 amide bonds. The van der Waals surface area contributed by atoms with Crippen LogP contribution in [-0.4, -0.2) is 35.0 Å². The normalized spacial score (nSPS) is 17.8. The van der Waals surface area contributed by atoms with E-state index in [-0.39, 0.29) is 12.3 Å². The number of carbonyl (C=O) groups is 2. The second-order valence-electron chi connectivity index (χ2n) is 5.66. The monoisotopic (exact) mass is 241 g/mol. The minimum absolute atomic E-state index is 0.0493. The molecule has 1 rings (SSSR count). The maximum atomic E-state index is 12.3. The zero-order valence-corrected chi connectivity index (χ0v) is 11.0. The van der Waals surface area contributed by atoms with E-state index in [4.69, 9.17) is 5.11 Å². The molecule has 0 heterocycles. The third-order valence-electron chi connectivity index (χ3n) is 3.61. The molecule has 1 fully saturated rings. The average molecular weight is 241 g/mol. The van der Waals surface area contributed by atoms with Crippen molar-refractivity contribution >= 4 is 11.9 Å². The van der Waals surface area contributed by atoms with E-state index in [1.54, 1.807) is 18.7 Å². The smallest absolute Gasteiger partial charge is 0.304 e. The summed E-state index contributed by atoms with van der Waals surface area (Å²) in [5.74, 6) is -0.966. The van der Waals surface area contributed by atoms with Crippen LogP contribution in [0.5, 0.6) is 0 Å². The molecule has 0 aromatic rings. The molecule has 1 N–H and O–H groups in total. The van der Waals surface area contributed by atoms with E-state index >= 15 is 0 Å². The highest BCUT2D eigenvalue weighted by atomic mass is 16.4. The van der Waals surface area contributed by atoms with Gasteiger partial charge in [0, 0.05) is 13.1 Å². The number of hydrogen-bond acceptors (Lipinski definition) is 2. The van der Waals surface area contributed by atoms with Gasteiger partial charge < -0.3 is 10.0 Å². The Balaban J connectivity index is 2.63. The second kappa shape index (κ2) is 5.52. The molecule has 0 aromatic heterocycles. The van der Waals surface area contributed by atoms with Crippen molar-refractivity contribution in [2.24, 2.45) is 5.41 Å². The topological polar surface area (TPSA) is 57.6 Å². The van der Waals surface area contributed by atoms with Gasteiger partial charge in [0.15, 0.2) is 0 Å². The van der Waals surface area contributed by atoms with Crippen molar-refractivity contribution in [2.45, 2.75) is 58.4 Å². The van der Waals surface area contributed by atoms with E-state index in [1.165, 1.54) is 19.3 Å². The molecule has 0 aliphatic heterocycles. The van der Waals surface area contributed by atoms with Gasteiger partial charge in [0.2, 0.25) is 5.91 Å². The van der Waals surface area contributed by atoms with E-state index in [0.717, 1.165) is 12.8 Å². The van der Waals surface area contributed by atoms with Crippen molar-refractivity contribution in [3.05, 3.63) is 0 Å². The standard InChI is InChI=1S/C13H23NO3/c1-13(2,9-11(15)16)12(17)14(3)10-7-5-4-6-8-10/h10H,4-9H2,1-3H3,(H,15,16). The fourth-order valence-electron chi connectivity index (χ4n) is 2.57. The van der Waals surface area contributed by atoms with Crippen molar-refractivity contribution in [3.63, 3.8) is 0 Å². The van der Waals surface area contributed by atoms with Crippen LogP contribution < -0.4 is 0 Å². The Morgan fingerprint density at radius 3 is 2.24 bits per heavy atom. The molecule has 0 spiro atoms. The van der Waals surface area contributed by atoms with Crippen molar-refractivity contribution in [3.8, 4) is 0 Å². The predicted octanol–water partition coefficient (Wildman–Crippen LogP) is 2.28. The van der Waals surface area contributed by atoms with Crippen molar-refractivity contribution in [1.82, 2.24) is 4.90 Å². The second-order valence-corrected chi connectivity index (χ2v) is 5.66. The Bertz CT molecular complexity index is 293. The first kappa shape index (κ1) is 14.0. The lowest BCUT2D eigenvalue weighted by molar-refractivity contribution is -0.149. The van der Waals surface area contributed by atoms with Crippen LogP contribution >= 0.6 is 0 Å². The van der Waals surface area contributed by atoms with E-state index in [0.29, 0.717) is 6.04 Å². The summed E-state index contributed by atoms with van der Waals surface area (Å²) in [5, 5.41) is 8.82. The summed E-state index contributed by atoms with van der Waals surface area (Å²) in [5.41, 5.74) is -0.808. The summed E-state index contributed by atoms with van der Waals surface area (Å²) >= 11 is 0. The van der Waals surface area contributed by atoms with Gasteiger partial charge in [0.1, 0.15) is 0 Å². The zero-order chi connectivity index (χ0) is 13.1. The SMILES string of the molecule is CN(C(=O)C(C)(C)CC(=O)O)C1CCCCC1. The Kier molecular flexibility index (Phi) is 4.54. The number of rotatable bonds is 4. The van der Waals surface area contributed by atoms with Crippen molar-refractivity contribution < 1.29 is 14.7 Å². The molecule has 0 unspecified atom stereocenters. The van der Waals surface area contributed by atoms with Crippen LogP contribution in [-0.2, 0) is 9.59 Å². The molecular formula is C13H23NO3. The first-order chi connectivity index (χ1) is 7.84. The molecule has 17 heavy (non-hydrogen) atoms. The number of amides is 1. The van der Waals surface area contributed by atoms with Gasteiger partial charge in [0.25, 0.3) is 0 Å². The maximum absolute atomic E-state index is 12.3. The third-order valence-corrected chi connectivity index (χ3v) is 3.61. The summed E-state index contributed by atoms with van der Waals surface area (Å²) in [6.07, 6.45) is 5.57. The minimum Gasteiger partial charge on any atom is -0.481 e. The highest BCUT2D eigenvalue weighted by molar-refractivity contribution is 5.86. The summed E-state index contributed by atoms with van der Waals surface area (Å²) in [6.45, 7) is 3.42. The number of nitrogens with zero attached hydrogens (tertiary/aromatic N) is 1. The van der Waals surface area contributed by atoms with Gasteiger partial charge in [-0.2, -0.15) is 0 Å². The molecule has 0 aromatic carbocycles. The van der Waals surface area contributed by atoms with E-state index in [2.05, 4.69) is 0 Å². The Morgan fingerprint density at radius 2 is 1.76 bits per heavy atom. The van der Waals surface area contributed by atoms with Crippen molar-refractivity contribution in [2.75, 3.05) is 7.05 Å². The molecule has 1 aliphatic carbocycles. The number of carboxylic acid groups (broad SMARTS) is 1. The van der Waals surface area contributed by atoms with Crippen LogP contribution in [0.15, 0.2) is 0 Å². The number of hydrogen-bond donors (Lipinski definition) is 1. The van der Waals surface area contributed by atoms with Gasteiger partial charge in [-0.3, -0.25) is 9.59 Å². The van der Waals surface area contributed by atoms with Crippen LogP contribution in [0, 0.1) is 5.41 Å². The number of carboxylic acids is 1. The highest BCUT2D eigenvalue weighted by Crippen LogP contribution is 2.28.